The molecule has 1 aliphatic heterocycles. The molecule has 13 heteroatoms. The first-order chi connectivity index (χ1) is 33.5. The van der Waals surface area contributed by atoms with E-state index >= 15 is 0 Å². The third-order valence-electron chi connectivity index (χ3n) is 12.9. The van der Waals surface area contributed by atoms with Gasteiger partial charge in [0.15, 0.2) is 12.4 Å². The molecule has 0 radical (unpaired) electrons. The second kappa shape index (κ2) is 45.7. The maximum Gasteiger partial charge on any atom is 0.306 e. The summed E-state index contributed by atoms with van der Waals surface area (Å²) in [6.45, 7) is 3.79. The smallest absolute Gasteiger partial charge is 0.306 e. The number of hydrogen-bond acceptors (Lipinski definition) is 11. The third kappa shape index (κ3) is 40.1. The first-order valence-corrected chi connectivity index (χ1v) is 29.7. The summed E-state index contributed by atoms with van der Waals surface area (Å²) in [7, 11) is -4.61. The second-order valence-electron chi connectivity index (χ2n) is 19.6. The topological polar surface area (TPSA) is 186 Å². The lowest BCUT2D eigenvalue weighted by Gasteiger charge is -2.40. The molecule has 404 valence electrons. The summed E-state index contributed by atoms with van der Waals surface area (Å²) in [4.78, 5) is 25.6. The highest BCUT2D eigenvalue weighted by molar-refractivity contribution is 7.85. The van der Waals surface area contributed by atoms with Gasteiger partial charge in [0.05, 0.1) is 6.61 Å². The van der Waals surface area contributed by atoms with Crippen molar-refractivity contribution in [2.24, 2.45) is 0 Å². The van der Waals surface area contributed by atoms with Gasteiger partial charge < -0.3 is 34.3 Å². The monoisotopic (exact) mass is 999 g/mol. The van der Waals surface area contributed by atoms with Crippen molar-refractivity contribution in [1.29, 1.82) is 0 Å². The maximum absolute atomic E-state index is 12.9. The number of esters is 2. The molecule has 1 fully saturated rings. The minimum Gasteiger partial charge on any atom is -0.462 e. The Kier molecular flexibility index (Phi) is 43.0. The summed E-state index contributed by atoms with van der Waals surface area (Å²) in [5, 5.41) is 31.0. The number of rotatable bonds is 48. The van der Waals surface area contributed by atoms with Gasteiger partial charge in [-0.3, -0.25) is 14.1 Å². The van der Waals surface area contributed by atoms with Crippen LogP contribution in [0, 0.1) is 0 Å². The standard InChI is InChI=1S/C56H102O12S/c1-3-5-7-9-11-13-15-17-19-21-23-24-25-26-27-29-31-33-35-37-39-41-43-45-52(58)67-49(47-66-56-55(61)54(60)53(59)50(68-56)48-69(62,63)64)46-65-51(57)44-42-40-38-36-34-32-30-28-22-20-18-16-14-12-10-8-6-4-2/h15,17,20-23,49-50,53-56,59-61H,3-14,16,18-19,24-48H2,1-2H3,(H,62,63,64)/b17-15-,22-20-,23-21-. The molecular weight excluding hydrogens is 897 g/mol. The average molecular weight is 999 g/mol. The average Bonchev–Trinajstić information content (AvgIpc) is 3.32. The molecule has 0 aromatic carbocycles. The van der Waals surface area contributed by atoms with Crippen LogP contribution in [0.25, 0.3) is 0 Å². The summed E-state index contributed by atoms with van der Waals surface area (Å²) in [6.07, 6.45) is 46.1. The summed E-state index contributed by atoms with van der Waals surface area (Å²) in [5.41, 5.74) is 0. The summed E-state index contributed by atoms with van der Waals surface area (Å²) < 4.78 is 54.4. The number of carbonyl (C=O) groups excluding carboxylic acids is 2. The van der Waals surface area contributed by atoms with Crippen LogP contribution in [-0.4, -0.2) is 96.0 Å². The van der Waals surface area contributed by atoms with E-state index in [2.05, 4.69) is 50.3 Å². The predicted molar refractivity (Wildman–Crippen MR) is 279 cm³/mol. The molecule has 0 spiro atoms. The molecule has 0 amide bonds. The van der Waals surface area contributed by atoms with Crippen LogP contribution in [0.1, 0.15) is 251 Å². The normalized spacial score (nSPS) is 19.3. The minimum atomic E-state index is -4.61. The molecule has 1 heterocycles. The molecule has 0 saturated carbocycles. The van der Waals surface area contributed by atoms with Gasteiger partial charge in [0.1, 0.15) is 36.8 Å². The van der Waals surface area contributed by atoms with Crippen LogP contribution >= 0.6 is 0 Å². The highest BCUT2D eigenvalue weighted by Crippen LogP contribution is 2.24. The van der Waals surface area contributed by atoms with Crippen LogP contribution in [0.3, 0.4) is 0 Å². The minimum absolute atomic E-state index is 0.162. The molecular formula is C56H102O12S. The SMILES string of the molecule is CCCCCCC/C=C\C/C=C\CCCCCCCCCCCCCC(=O)OC(COC(=O)CCCCCCCCC/C=C\CCCCCCCCC)COC1OC(CS(=O)(=O)O)C(O)C(O)C1O. The Hall–Kier alpha value is -2.13. The number of allylic oxidation sites excluding steroid dienone is 6. The lowest BCUT2D eigenvalue weighted by Crippen LogP contribution is -2.60. The second-order valence-corrected chi connectivity index (χ2v) is 21.1. The van der Waals surface area contributed by atoms with Crippen LogP contribution in [0.4, 0.5) is 0 Å². The van der Waals surface area contributed by atoms with Crippen molar-refractivity contribution < 1.29 is 56.8 Å². The van der Waals surface area contributed by atoms with E-state index in [4.69, 9.17) is 18.9 Å². The van der Waals surface area contributed by atoms with Crippen molar-refractivity contribution in [1.82, 2.24) is 0 Å². The van der Waals surface area contributed by atoms with Gasteiger partial charge in [-0.05, 0) is 70.6 Å². The molecule has 6 atom stereocenters. The molecule has 1 aliphatic rings. The van der Waals surface area contributed by atoms with E-state index in [0.29, 0.717) is 12.8 Å². The molecule has 0 bridgehead atoms. The Bertz CT molecular complexity index is 1400. The first-order valence-electron chi connectivity index (χ1n) is 28.0. The van der Waals surface area contributed by atoms with Crippen LogP contribution in [0.2, 0.25) is 0 Å². The van der Waals surface area contributed by atoms with Gasteiger partial charge in [0, 0.05) is 12.8 Å². The van der Waals surface area contributed by atoms with E-state index in [1.54, 1.807) is 0 Å². The number of unbranched alkanes of at least 4 members (excludes halogenated alkanes) is 30. The number of hydrogen-bond donors (Lipinski definition) is 4. The molecule has 1 rings (SSSR count). The first kappa shape index (κ1) is 64.9. The van der Waals surface area contributed by atoms with Crippen molar-refractivity contribution in [3.8, 4) is 0 Å². The lowest BCUT2D eigenvalue weighted by molar-refractivity contribution is -0.297. The van der Waals surface area contributed by atoms with E-state index in [9.17, 15) is 37.9 Å². The molecule has 69 heavy (non-hydrogen) atoms. The Balaban J connectivity index is 2.33. The van der Waals surface area contributed by atoms with Gasteiger partial charge in [-0.15, -0.1) is 0 Å². The Morgan fingerprint density at radius 2 is 0.870 bits per heavy atom. The maximum atomic E-state index is 12.9. The Morgan fingerprint density at radius 3 is 1.29 bits per heavy atom. The lowest BCUT2D eigenvalue weighted by atomic mass is 10.00. The van der Waals surface area contributed by atoms with Gasteiger partial charge >= 0.3 is 11.9 Å². The van der Waals surface area contributed by atoms with E-state index < -0.39 is 71.2 Å². The fourth-order valence-corrected chi connectivity index (χ4v) is 9.28. The molecule has 1 saturated heterocycles. The van der Waals surface area contributed by atoms with Crippen molar-refractivity contribution in [3.63, 3.8) is 0 Å². The van der Waals surface area contributed by atoms with Crippen LogP contribution in [0.5, 0.6) is 0 Å². The van der Waals surface area contributed by atoms with Gasteiger partial charge in [0.2, 0.25) is 0 Å². The summed E-state index contributed by atoms with van der Waals surface area (Å²) >= 11 is 0. The zero-order valence-electron chi connectivity index (χ0n) is 43.7. The Morgan fingerprint density at radius 1 is 0.493 bits per heavy atom. The molecule has 12 nitrogen and oxygen atoms in total. The molecule has 4 N–H and O–H groups in total. The molecule has 6 unspecified atom stereocenters. The highest BCUT2D eigenvalue weighted by atomic mass is 32.2. The van der Waals surface area contributed by atoms with E-state index in [1.807, 2.05) is 0 Å². The van der Waals surface area contributed by atoms with Gasteiger partial charge in [0.25, 0.3) is 10.1 Å². The van der Waals surface area contributed by atoms with Crippen molar-refractivity contribution in [2.45, 2.75) is 288 Å². The van der Waals surface area contributed by atoms with Gasteiger partial charge in [-0.1, -0.05) is 204 Å². The summed E-state index contributed by atoms with van der Waals surface area (Å²) in [5.74, 6) is -1.98. The number of aliphatic hydroxyl groups excluding tert-OH is 3. The summed E-state index contributed by atoms with van der Waals surface area (Å²) in [6, 6.07) is 0. The molecule has 0 aliphatic carbocycles. The van der Waals surface area contributed by atoms with Crippen molar-refractivity contribution >= 4 is 22.1 Å². The quantitative estimate of drug-likeness (QED) is 0.0196. The number of carbonyl (C=O) groups is 2. The molecule has 0 aromatic heterocycles. The van der Waals surface area contributed by atoms with Gasteiger partial charge in [-0.2, -0.15) is 8.42 Å². The van der Waals surface area contributed by atoms with Crippen LogP contribution in [-0.2, 0) is 38.7 Å². The zero-order chi connectivity index (χ0) is 50.5. The fourth-order valence-electron chi connectivity index (χ4n) is 8.59. The van der Waals surface area contributed by atoms with E-state index in [-0.39, 0.29) is 19.4 Å². The van der Waals surface area contributed by atoms with Crippen molar-refractivity contribution in [3.05, 3.63) is 36.5 Å². The van der Waals surface area contributed by atoms with Gasteiger partial charge in [-0.25, -0.2) is 0 Å². The van der Waals surface area contributed by atoms with Crippen LogP contribution < -0.4 is 0 Å². The van der Waals surface area contributed by atoms with Crippen molar-refractivity contribution in [2.75, 3.05) is 19.0 Å². The largest absolute Gasteiger partial charge is 0.462 e. The van der Waals surface area contributed by atoms with E-state index in [1.165, 1.54) is 154 Å². The number of aliphatic hydroxyl groups is 3. The fraction of sp³-hybridized carbons (Fsp3) is 0.857. The predicted octanol–water partition coefficient (Wildman–Crippen LogP) is 13.3. The zero-order valence-corrected chi connectivity index (χ0v) is 44.5. The Labute approximate surface area is 421 Å². The van der Waals surface area contributed by atoms with E-state index in [0.717, 1.165) is 57.8 Å². The highest BCUT2D eigenvalue weighted by Gasteiger charge is 2.46. The third-order valence-corrected chi connectivity index (χ3v) is 13.7. The molecule has 0 aromatic rings. The van der Waals surface area contributed by atoms with Crippen LogP contribution in [0.15, 0.2) is 36.5 Å². The number of ether oxygens (including phenoxy) is 4.